The normalized spacial score (nSPS) is 15.0. The minimum absolute atomic E-state index is 0.521. The lowest BCUT2D eigenvalue weighted by molar-refractivity contribution is 0.386. The average molecular weight is 231 g/mol. The van der Waals surface area contributed by atoms with Crippen molar-refractivity contribution in [3.05, 3.63) is 30.1 Å². The molecule has 2 unspecified atom stereocenters. The quantitative estimate of drug-likeness (QED) is 0.830. The van der Waals surface area contributed by atoms with Crippen LogP contribution in [0.3, 0.4) is 0 Å². The molecule has 3 heteroatoms. The van der Waals surface area contributed by atoms with E-state index in [1.54, 1.807) is 0 Å². The van der Waals surface area contributed by atoms with Crippen molar-refractivity contribution in [2.24, 2.45) is 5.92 Å². The van der Waals surface area contributed by atoms with Gasteiger partial charge in [-0.05, 0) is 25.0 Å². The number of hydrogen-bond donors (Lipinski definition) is 2. The van der Waals surface area contributed by atoms with Crippen LogP contribution < -0.4 is 5.32 Å². The first-order chi connectivity index (χ1) is 8.20. The summed E-state index contributed by atoms with van der Waals surface area (Å²) < 4.78 is 0. The van der Waals surface area contributed by atoms with Gasteiger partial charge in [-0.3, -0.25) is 0 Å². The van der Waals surface area contributed by atoms with Crippen molar-refractivity contribution < 1.29 is 0 Å². The van der Waals surface area contributed by atoms with Crippen molar-refractivity contribution in [2.45, 2.75) is 39.8 Å². The zero-order chi connectivity index (χ0) is 12.3. The summed E-state index contributed by atoms with van der Waals surface area (Å²) in [6.45, 7) is 7.54. The van der Waals surface area contributed by atoms with Crippen LogP contribution in [0.2, 0.25) is 0 Å². The first-order valence-corrected chi connectivity index (χ1v) is 6.37. The van der Waals surface area contributed by atoms with E-state index in [0.29, 0.717) is 12.0 Å². The molecule has 0 aliphatic rings. The van der Waals surface area contributed by atoms with E-state index in [-0.39, 0.29) is 0 Å². The molecular weight excluding hydrogens is 210 g/mol. The van der Waals surface area contributed by atoms with Gasteiger partial charge in [-0.2, -0.15) is 0 Å². The number of aromatic nitrogens is 2. The van der Waals surface area contributed by atoms with E-state index in [4.69, 9.17) is 0 Å². The Morgan fingerprint density at radius 3 is 2.76 bits per heavy atom. The zero-order valence-corrected chi connectivity index (χ0v) is 10.8. The predicted octanol–water partition coefficient (Wildman–Crippen LogP) is 3.09. The Labute approximate surface area is 103 Å². The minimum atomic E-state index is 0.521. The first kappa shape index (κ1) is 12.1. The second-order valence-electron chi connectivity index (χ2n) is 4.76. The highest BCUT2D eigenvalue weighted by molar-refractivity contribution is 5.74. The molecule has 92 valence electrons. The van der Waals surface area contributed by atoms with Gasteiger partial charge in [0.15, 0.2) is 0 Å². The molecule has 1 aromatic heterocycles. The van der Waals surface area contributed by atoms with E-state index < -0.39 is 0 Å². The summed E-state index contributed by atoms with van der Waals surface area (Å²) in [4.78, 5) is 7.89. The van der Waals surface area contributed by atoms with Crippen molar-refractivity contribution >= 4 is 11.0 Å². The number of fused-ring (bicyclic) bond motifs is 1. The average Bonchev–Trinajstić information content (AvgIpc) is 2.77. The Kier molecular flexibility index (Phi) is 3.79. The van der Waals surface area contributed by atoms with Crippen molar-refractivity contribution in [3.8, 4) is 0 Å². The van der Waals surface area contributed by atoms with Crippen LogP contribution in [0.25, 0.3) is 11.0 Å². The molecule has 3 nitrogen and oxygen atoms in total. The Morgan fingerprint density at radius 1 is 1.29 bits per heavy atom. The van der Waals surface area contributed by atoms with E-state index in [1.165, 1.54) is 6.42 Å². The molecule has 0 fully saturated rings. The number of aromatic amines is 1. The summed E-state index contributed by atoms with van der Waals surface area (Å²) in [5.41, 5.74) is 2.15. The highest BCUT2D eigenvalue weighted by Crippen LogP contribution is 2.11. The van der Waals surface area contributed by atoms with Gasteiger partial charge in [-0.1, -0.05) is 32.4 Å². The van der Waals surface area contributed by atoms with Gasteiger partial charge in [0.2, 0.25) is 0 Å². The lowest BCUT2D eigenvalue weighted by atomic mass is 10.0. The molecule has 17 heavy (non-hydrogen) atoms. The van der Waals surface area contributed by atoms with Crippen LogP contribution in [0.15, 0.2) is 24.3 Å². The van der Waals surface area contributed by atoms with Crippen LogP contribution in [0.1, 0.15) is 33.0 Å². The summed E-state index contributed by atoms with van der Waals surface area (Å²) in [6.07, 6.45) is 1.20. The third kappa shape index (κ3) is 2.86. The predicted molar refractivity (Wildman–Crippen MR) is 71.9 cm³/mol. The summed E-state index contributed by atoms with van der Waals surface area (Å²) in [6, 6.07) is 8.66. The number of nitrogens with one attached hydrogen (secondary N) is 2. The van der Waals surface area contributed by atoms with Gasteiger partial charge < -0.3 is 10.3 Å². The molecule has 2 N–H and O–H groups in total. The van der Waals surface area contributed by atoms with Gasteiger partial charge in [0, 0.05) is 6.04 Å². The van der Waals surface area contributed by atoms with Gasteiger partial charge in [0.25, 0.3) is 0 Å². The molecule has 1 aromatic carbocycles. The minimum Gasteiger partial charge on any atom is -0.341 e. The number of rotatable bonds is 5. The van der Waals surface area contributed by atoms with Crippen molar-refractivity contribution in [1.29, 1.82) is 0 Å². The molecule has 2 aromatic rings. The Morgan fingerprint density at radius 2 is 2.06 bits per heavy atom. The lowest BCUT2D eigenvalue weighted by Gasteiger charge is -2.19. The largest absolute Gasteiger partial charge is 0.341 e. The van der Waals surface area contributed by atoms with Crippen LogP contribution in [0.5, 0.6) is 0 Å². The van der Waals surface area contributed by atoms with Gasteiger partial charge in [0.1, 0.15) is 5.82 Å². The first-order valence-electron chi connectivity index (χ1n) is 6.37. The standard InChI is InChI=1S/C14H21N3/c1-4-10(2)11(3)15-9-14-16-12-7-5-6-8-13(12)17-14/h5-8,10-11,15H,4,9H2,1-3H3,(H,16,17). The van der Waals surface area contributed by atoms with Gasteiger partial charge >= 0.3 is 0 Å². The number of nitrogens with zero attached hydrogens (tertiary/aromatic N) is 1. The van der Waals surface area contributed by atoms with Gasteiger partial charge in [-0.25, -0.2) is 4.98 Å². The van der Waals surface area contributed by atoms with E-state index in [2.05, 4.69) is 42.1 Å². The molecule has 0 aliphatic heterocycles. The van der Waals surface area contributed by atoms with Gasteiger partial charge in [0.05, 0.1) is 17.6 Å². The molecule has 2 rings (SSSR count). The molecule has 0 aliphatic carbocycles. The van der Waals surface area contributed by atoms with Crippen LogP contribution in [-0.2, 0) is 6.54 Å². The second-order valence-corrected chi connectivity index (χ2v) is 4.76. The van der Waals surface area contributed by atoms with Crippen LogP contribution in [-0.4, -0.2) is 16.0 Å². The maximum atomic E-state index is 4.55. The molecule has 1 heterocycles. The molecule has 2 atom stereocenters. The van der Waals surface area contributed by atoms with Crippen LogP contribution in [0.4, 0.5) is 0 Å². The summed E-state index contributed by atoms with van der Waals surface area (Å²) in [5, 5.41) is 3.52. The van der Waals surface area contributed by atoms with E-state index in [9.17, 15) is 0 Å². The smallest absolute Gasteiger partial charge is 0.121 e. The second kappa shape index (κ2) is 5.32. The van der Waals surface area contributed by atoms with Crippen molar-refractivity contribution in [3.63, 3.8) is 0 Å². The van der Waals surface area contributed by atoms with Gasteiger partial charge in [-0.15, -0.1) is 0 Å². The topological polar surface area (TPSA) is 40.7 Å². The number of benzene rings is 1. The molecular formula is C14H21N3. The number of imidazole rings is 1. The molecule has 0 radical (unpaired) electrons. The summed E-state index contributed by atoms with van der Waals surface area (Å²) >= 11 is 0. The SMILES string of the molecule is CCC(C)C(C)NCc1nc2ccccc2[nH]1. The fraction of sp³-hybridized carbons (Fsp3) is 0.500. The Hall–Kier alpha value is -1.35. The summed E-state index contributed by atoms with van der Waals surface area (Å²) in [7, 11) is 0. The number of H-pyrrole nitrogens is 1. The third-order valence-electron chi connectivity index (χ3n) is 3.53. The van der Waals surface area contributed by atoms with E-state index in [1.807, 2.05) is 18.2 Å². The molecule has 0 spiro atoms. The van der Waals surface area contributed by atoms with E-state index >= 15 is 0 Å². The highest BCUT2D eigenvalue weighted by atomic mass is 15.0. The van der Waals surface area contributed by atoms with Crippen molar-refractivity contribution in [2.75, 3.05) is 0 Å². The van der Waals surface area contributed by atoms with E-state index in [0.717, 1.165) is 23.4 Å². The fourth-order valence-corrected chi connectivity index (χ4v) is 1.90. The molecule has 0 amide bonds. The fourth-order valence-electron chi connectivity index (χ4n) is 1.90. The number of hydrogen-bond acceptors (Lipinski definition) is 2. The zero-order valence-electron chi connectivity index (χ0n) is 10.8. The molecule has 0 bridgehead atoms. The molecule has 0 saturated heterocycles. The Balaban J connectivity index is 1.99. The Bertz CT molecular complexity index is 442. The third-order valence-corrected chi connectivity index (χ3v) is 3.53. The van der Waals surface area contributed by atoms with Crippen LogP contribution >= 0.6 is 0 Å². The maximum Gasteiger partial charge on any atom is 0.121 e. The number of para-hydroxylation sites is 2. The summed E-state index contributed by atoms with van der Waals surface area (Å²) in [5.74, 6) is 1.71. The van der Waals surface area contributed by atoms with Crippen LogP contribution in [0, 0.1) is 5.92 Å². The monoisotopic (exact) mass is 231 g/mol. The highest BCUT2D eigenvalue weighted by Gasteiger charge is 2.10. The molecule has 0 saturated carbocycles. The lowest BCUT2D eigenvalue weighted by Crippen LogP contribution is -2.31. The van der Waals surface area contributed by atoms with Crippen molar-refractivity contribution in [1.82, 2.24) is 15.3 Å². The maximum absolute atomic E-state index is 4.55.